The van der Waals surface area contributed by atoms with Gasteiger partial charge in [0.25, 0.3) is 0 Å². The summed E-state index contributed by atoms with van der Waals surface area (Å²) in [6, 6.07) is 4.52. The quantitative estimate of drug-likeness (QED) is 0.866. The second kappa shape index (κ2) is 6.38. The maximum absolute atomic E-state index is 5.11. The van der Waals surface area contributed by atoms with Gasteiger partial charge in [-0.05, 0) is 17.7 Å². The lowest BCUT2D eigenvalue weighted by atomic mass is 10.2. The summed E-state index contributed by atoms with van der Waals surface area (Å²) in [5.74, 6) is 0. The Labute approximate surface area is 114 Å². The Morgan fingerprint density at radius 1 is 1.37 bits per heavy atom. The first-order valence-electron chi connectivity index (χ1n) is 6.55. The van der Waals surface area contributed by atoms with Crippen LogP contribution in [0, 0.1) is 0 Å². The average molecular weight is 259 g/mol. The van der Waals surface area contributed by atoms with E-state index < -0.39 is 0 Å². The number of anilines is 1. The maximum atomic E-state index is 5.11. The van der Waals surface area contributed by atoms with Crippen LogP contribution in [0.1, 0.15) is 25.0 Å². The predicted molar refractivity (Wildman–Crippen MR) is 77.0 cm³/mol. The fourth-order valence-corrected chi connectivity index (χ4v) is 1.96. The van der Waals surface area contributed by atoms with Gasteiger partial charge >= 0.3 is 0 Å². The van der Waals surface area contributed by atoms with Gasteiger partial charge in [-0.3, -0.25) is 4.98 Å². The van der Waals surface area contributed by atoms with Crippen molar-refractivity contribution in [2.45, 2.75) is 33.0 Å². The lowest BCUT2D eigenvalue weighted by molar-refractivity contribution is 0.563. The fraction of sp³-hybridized carbons (Fsp3) is 0.400. The van der Waals surface area contributed by atoms with Gasteiger partial charge in [-0.1, -0.05) is 13.8 Å². The number of pyridine rings is 1. The van der Waals surface area contributed by atoms with E-state index in [-0.39, 0.29) is 0 Å². The number of nitrogens with one attached hydrogen (secondary N) is 1. The monoisotopic (exact) mass is 259 g/mol. The molecule has 0 fully saturated rings. The molecular weight excluding hydrogens is 238 g/mol. The van der Waals surface area contributed by atoms with Crippen molar-refractivity contribution < 1.29 is 4.42 Å². The molecule has 0 amide bonds. The lowest BCUT2D eigenvalue weighted by Crippen LogP contribution is -2.24. The van der Waals surface area contributed by atoms with E-state index in [1.165, 1.54) is 5.56 Å². The summed E-state index contributed by atoms with van der Waals surface area (Å²) < 4.78 is 5.11. The molecule has 0 spiro atoms. The molecule has 0 aliphatic rings. The Bertz CT molecular complexity index is 494. The highest BCUT2D eigenvalue weighted by molar-refractivity contribution is 5.51. The largest absolute Gasteiger partial charge is 0.472 e. The zero-order valence-electron chi connectivity index (χ0n) is 11.8. The topological polar surface area (TPSA) is 41.3 Å². The van der Waals surface area contributed by atoms with Crippen LogP contribution < -0.4 is 10.2 Å². The first kappa shape index (κ1) is 13.6. The maximum Gasteiger partial charge on any atom is 0.0952 e. The zero-order chi connectivity index (χ0) is 13.7. The van der Waals surface area contributed by atoms with E-state index in [0.717, 1.165) is 24.3 Å². The summed E-state index contributed by atoms with van der Waals surface area (Å²) >= 11 is 0. The molecule has 0 saturated carbocycles. The number of hydrogen-bond acceptors (Lipinski definition) is 4. The minimum atomic E-state index is 0.472. The molecule has 0 bridgehead atoms. The SMILES string of the molecule is CC(C)NCc1ccncc1N(C)Cc1ccoc1. The van der Waals surface area contributed by atoms with Crippen LogP contribution in [0.2, 0.25) is 0 Å². The molecule has 0 saturated heterocycles. The Morgan fingerprint density at radius 3 is 2.89 bits per heavy atom. The summed E-state index contributed by atoms with van der Waals surface area (Å²) in [5.41, 5.74) is 3.57. The highest BCUT2D eigenvalue weighted by Gasteiger charge is 2.09. The number of aromatic nitrogens is 1. The Hall–Kier alpha value is -1.81. The van der Waals surface area contributed by atoms with Crippen LogP contribution in [0.4, 0.5) is 5.69 Å². The highest BCUT2D eigenvalue weighted by Crippen LogP contribution is 2.20. The van der Waals surface area contributed by atoms with Crippen molar-refractivity contribution in [2.75, 3.05) is 11.9 Å². The minimum Gasteiger partial charge on any atom is -0.472 e. The second-order valence-corrected chi connectivity index (χ2v) is 5.03. The van der Waals surface area contributed by atoms with Crippen molar-refractivity contribution in [3.63, 3.8) is 0 Å². The molecule has 4 nitrogen and oxygen atoms in total. The Balaban J connectivity index is 2.09. The molecule has 4 heteroatoms. The van der Waals surface area contributed by atoms with Crippen molar-refractivity contribution in [3.8, 4) is 0 Å². The van der Waals surface area contributed by atoms with Gasteiger partial charge in [0.2, 0.25) is 0 Å². The smallest absolute Gasteiger partial charge is 0.0952 e. The van der Waals surface area contributed by atoms with Crippen LogP contribution in [0.5, 0.6) is 0 Å². The molecule has 0 aliphatic heterocycles. The summed E-state index contributed by atoms with van der Waals surface area (Å²) in [5, 5.41) is 3.44. The van der Waals surface area contributed by atoms with E-state index in [4.69, 9.17) is 4.42 Å². The third-order valence-corrected chi connectivity index (χ3v) is 3.00. The molecule has 2 aromatic rings. The molecule has 0 atom stereocenters. The average Bonchev–Trinajstić information content (AvgIpc) is 2.89. The molecule has 2 aromatic heterocycles. The molecule has 2 rings (SSSR count). The van der Waals surface area contributed by atoms with Crippen molar-refractivity contribution >= 4 is 5.69 Å². The Morgan fingerprint density at radius 2 is 2.21 bits per heavy atom. The van der Waals surface area contributed by atoms with Crippen molar-refractivity contribution in [1.82, 2.24) is 10.3 Å². The van der Waals surface area contributed by atoms with E-state index in [1.54, 1.807) is 12.5 Å². The number of rotatable bonds is 6. The van der Waals surface area contributed by atoms with E-state index >= 15 is 0 Å². The second-order valence-electron chi connectivity index (χ2n) is 5.03. The first-order valence-corrected chi connectivity index (χ1v) is 6.55. The lowest BCUT2D eigenvalue weighted by Gasteiger charge is -2.22. The highest BCUT2D eigenvalue weighted by atomic mass is 16.3. The third-order valence-electron chi connectivity index (χ3n) is 3.00. The zero-order valence-corrected chi connectivity index (χ0v) is 11.8. The van der Waals surface area contributed by atoms with Crippen LogP contribution >= 0.6 is 0 Å². The van der Waals surface area contributed by atoms with Crippen molar-refractivity contribution in [2.24, 2.45) is 0 Å². The van der Waals surface area contributed by atoms with Gasteiger partial charge in [0, 0.05) is 37.9 Å². The summed E-state index contributed by atoms with van der Waals surface area (Å²) in [7, 11) is 2.07. The predicted octanol–water partition coefficient (Wildman–Crippen LogP) is 2.81. The van der Waals surface area contributed by atoms with Gasteiger partial charge in [-0.25, -0.2) is 0 Å². The molecular formula is C15H21N3O. The van der Waals surface area contributed by atoms with Gasteiger partial charge in [-0.15, -0.1) is 0 Å². The van der Waals surface area contributed by atoms with Gasteiger partial charge in [0.1, 0.15) is 0 Å². The summed E-state index contributed by atoms with van der Waals surface area (Å²) in [6.07, 6.45) is 7.23. The van der Waals surface area contributed by atoms with Gasteiger partial charge in [-0.2, -0.15) is 0 Å². The normalized spacial score (nSPS) is 10.9. The van der Waals surface area contributed by atoms with Crippen molar-refractivity contribution in [3.05, 3.63) is 48.2 Å². The third kappa shape index (κ3) is 3.83. The molecule has 102 valence electrons. The van der Waals surface area contributed by atoms with Crippen LogP contribution in [0.3, 0.4) is 0 Å². The summed E-state index contributed by atoms with van der Waals surface area (Å²) in [6.45, 7) is 5.97. The molecule has 0 aliphatic carbocycles. The molecule has 0 unspecified atom stereocenters. The summed E-state index contributed by atoms with van der Waals surface area (Å²) in [4.78, 5) is 6.42. The Kier molecular flexibility index (Phi) is 4.58. The molecule has 19 heavy (non-hydrogen) atoms. The van der Waals surface area contributed by atoms with E-state index in [9.17, 15) is 0 Å². The standard InChI is InChI=1S/C15H21N3O/c1-12(2)17-8-14-4-6-16-9-15(14)18(3)10-13-5-7-19-11-13/h4-7,9,11-12,17H,8,10H2,1-3H3. The van der Waals surface area contributed by atoms with Crippen molar-refractivity contribution in [1.29, 1.82) is 0 Å². The first-order chi connectivity index (χ1) is 9.16. The number of hydrogen-bond donors (Lipinski definition) is 1. The van der Waals surface area contributed by atoms with E-state index in [0.29, 0.717) is 6.04 Å². The minimum absolute atomic E-state index is 0.472. The van der Waals surface area contributed by atoms with Crippen LogP contribution in [-0.2, 0) is 13.1 Å². The number of furan rings is 1. The van der Waals surface area contributed by atoms with Crippen LogP contribution in [0.15, 0.2) is 41.5 Å². The molecule has 1 N–H and O–H groups in total. The van der Waals surface area contributed by atoms with Crippen LogP contribution in [0.25, 0.3) is 0 Å². The van der Waals surface area contributed by atoms with E-state index in [2.05, 4.69) is 42.2 Å². The fourth-order valence-electron chi connectivity index (χ4n) is 1.96. The van der Waals surface area contributed by atoms with Crippen LogP contribution in [-0.4, -0.2) is 18.1 Å². The van der Waals surface area contributed by atoms with E-state index in [1.807, 2.05) is 18.5 Å². The van der Waals surface area contributed by atoms with Gasteiger partial charge in [0.05, 0.1) is 24.4 Å². The van der Waals surface area contributed by atoms with Gasteiger partial charge < -0.3 is 14.6 Å². The number of nitrogens with zero attached hydrogens (tertiary/aromatic N) is 2. The molecule has 0 radical (unpaired) electrons. The van der Waals surface area contributed by atoms with Gasteiger partial charge in [0.15, 0.2) is 0 Å². The molecule has 0 aromatic carbocycles. The molecule has 2 heterocycles.